The fourth-order valence-electron chi connectivity index (χ4n) is 2.81. The first-order chi connectivity index (χ1) is 11.0. The molecule has 0 saturated heterocycles. The molecule has 0 bridgehead atoms. The molecule has 3 aromatic heterocycles. The Morgan fingerprint density at radius 3 is 2.83 bits per heavy atom. The van der Waals surface area contributed by atoms with Gasteiger partial charge in [0.15, 0.2) is 5.65 Å². The molecule has 0 aliphatic heterocycles. The minimum absolute atomic E-state index is 0.210. The normalized spacial score (nSPS) is 12.6. The SMILES string of the molecule is Cc1nn(C)c(C)c1CC(C)Nc1cc(Cl)c2cccnc2n1. The molecule has 3 rings (SSSR count). The number of aryl methyl sites for hydroxylation is 2. The molecular weight excluding hydrogens is 310 g/mol. The molecule has 120 valence electrons. The van der Waals surface area contributed by atoms with Gasteiger partial charge in [0.25, 0.3) is 0 Å². The molecular formula is C17H20ClN5. The zero-order valence-corrected chi connectivity index (χ0v) is 14.5. The molecule has 1 N–H and O–H groups in total. The molecule has 0 aliphatic rings. The maximum absolute atomic E-state index is 6.33. The molecule has 0 fully saturated rings. The Morgan fingerprint density at radius 1 is 1.35 bits per heavy atom. The summed E-state index contributed by atoms with van der Waals surface area (Å²) >= 11 is 6.33. The monoisotopic (exact) mass is 329 g/mol. The second-order valence-electron chi connectivity index (χ2n) is 5.89. The van der Waals surface area contributed by atoms with Crippen LogP contribution in [0, 0.1) is 13.8 Å². The summed E-state index contributed by atoms with van der Waals surface area (Å²) in [6.45, 7) is 6.27. The van der Waals surface area contributed by atoms with Crippen LogP contribution in [0.1, 0.15) is 23.9 Å². The van der Waals surface area contributed by atoms with Gasteiger partial charge in [-0.1, -0.05) is 11.6 Å². The Kier molecular flexibility index (Phi) is 4.22. The Labute approximate surface area is 140 Å². The number of hydrogen-bond acceptors (Lipinski definition) is 4. The molecule has 0 saturated carbocycles. The lowest BCUT2D eigenvalue weighted by Gasteiger charge is -2.15. The Morgan fingerprint density at radius 2 is 2.13 bits per heavy atom. The van der Waals surface area contributed by atoms with Gasteiger partial charge in [-0.05, 0) is 51.0 Å². The van der Waals surface area contributed by atoms with Crippen molar-refractivity contribution < 1.29 is 0 Å². The minimum Gasteiger partial charge on any atom is -0.367 e. The first-order valence-electron chi connectivity index (χ1n) is 7.62. The molecule has 3 heterocycles. The largest absolute Gasteiger partial charge is 0.367 e. The minimum atomic E-state index is 0.210. The van der Waals surface area contributed by atoms with Gasteiger partial charge in [-0.15, -0.1) is 0 Å². The van der Waals surface area contributed by atoms with Gasteiger partial charge in [-0.3, -0.25) is 4.68 Å². The third-order valence-corrected chi connectivity index (χ3v) is 4.41. The van der Waals surface area contributed by atoms with E-state index in [-0.39, 0.29) is 6.04 Å². The van der Waals surface area contributed by atoms with Gasteiger partial charge < -0.3 is 5.32 Å². The van der Waals surface area contributed by atoms with Crippen LogP contribution in [-0.4, -0.2) is 25.8 Å². The van der Waals surface area contributed by atoms with Crippen molar-refractivity contribution in [2.75, 3.05) is 5.32 Å². The predicted molar refractivity (Wildman–Crippen MR) is 94.0 cm³/mol. The van der Waals surface area contributed by atoms with E-state index in [2.05, 4.69) is 34.2 Å². The second kappa shape index (κ2) is 6.16. The van der Waals surface area contributed by atoms with Crippen LogP contribution in [0.3, 0.4) is 0 Å². The van der Waals surface area contributed by atoms with E-state index in [1.165, 1.54) is 11.3 Å². The number of halogens is 1. The molecule has 0 spiro atoms. The van der Waals surface area contributed by atoms with E-state index >= 15 is 0 Å². The fraction of sp³-hybridized carbons (Fsp3) is 0.353. The topological polar surface area (TPSA) is 55.6 Å². The van der Waals surface area contributed by atoms with Crippen molar-refractivity contribution in [3.8, 4) is 0 Å². The van der Waals surface area contributed by atoms with Gasteiger partial charge in [-0.25, -0.2) is 9.97 Å². The van der Waals surface area contributed by atoms with Crippen molar-refractivity contribution >= 4 is 28.5 Å². The molecule has 5 nitrogen and oxygen atoms in total. The number of nitrogens with one attached hydrogen (secondary N) is 1. The molecule has 0 radical (unpaired) electrons. The molecule has 1 atom stereocenters. The van der Waals surface area contributed by atoms with Crippen LogP contribution in [0.15, 0.2) is 24.4 Å². The number of anilines is 1. The summed E-state index contributed by atoms with van der Waals surface area (Å²) in [7, 11) is 1.97. The van der Waals surface area contributed by atoms with E-state index < -0.39 is 0 Å². The van der Waals surface area contributed by atoms with Crippen LogP contribution in [0.4, 0.5) is 5.82 Å². The van der Waals surface area contributed by atoms with Crippen molar-refractivity contribution in [3.63, 3.8) is 0 Å². The highest BCUT2D eigenvalue weighted by molar-refractivity contribution is 6.35. The Bertz CT molecular complexity index is 856. The maximum Gasteiger partial charge on any atom is 0.162 e. The van der Waals surface area contributed by atoms with E-state index in [0.717, 1.165) is 23.3 Å². The van der Waals surface area contributed by atoms with E-state index in [9.17, 15) is 0 Å². The molecule has 23 heavy (non-hydrogen) atoms. The summed E-state index contributed by atoms with van der Waals surface area (Å²) in [5.74, 6) is 0.743. The first kappa shape index (κ1) is 15.7. The van der Waals surface area contributed by atoms with Crippen molar-refractivity contribution in [3.05, 3.63) is 46.4 Å². The molecule has 0 aromatic carbocycles. The second-order valence-corrected chi connectivity index (χ2v) is 6.29. The lowest BCUT2D eigenvalue weighted by atomic mass is 10.1. The van der Waals surface area contributed by atoms with Gasteiger partial charge in [0, 0.05) is 30.4 Å². The van der Waals surface area contributed by atoms with E-state index in [1.54, 1.807) is 6.20 Å². The fourth-order valence-corrected chi connectivity index (χ4v) is 3.06. The van der Waals surface area contributed by atoms with Crippen molar-refractivity contribution in [1.29, 1.82) is 0 Å². The van der Waals surface area contributed by atoms with Gasteiger partial charge in [0.1, 0.15) is 5.82 Å². The van der Waals surface area contributed by atoms with E-state index in [1.807, 2.05) is 36.9 Å². The van der Waals surface area contributed by atoms with Crippen LogP contribution in [0.5, 0.6) is 0 Å². The predicted octanol–water partition coefficient (Wildman–Crippen LogP) is 3.68. The van der Waals surface area contributed by atoms with Crippen LogP contribution >= 0.6 is 11.6 Å². The molecule has 3 aromatic rings. The summed E-state index contributed by atoms with van der Waals surface area (Å²) < 4.78 is 1.92. The van der Waals surface area contributed by atoms with Gasteiger partial charge in [-0.2, -0.15) is 5.10 Å². The summed E-state index contributed by atoms with van der Waals surface area (Å²) in [6, 6.07) is 5.85. The number of fused-ring (bicyclic) bond motifs is 1. The van der Waals surface area contributed by atoms with E-state index in [4.69, 9.17) is 11.6 Å². The summed E-state index contributed by atoms with van der Waals surface area (Å²) in [6.07, 6.45) is 2.60. The highest BCUT2D eigenvalue weighted by Gasteiger charge is 2.14. The lowest BCUT2D eigenvalue weighted by Crippen LogP contribution is -2.19. The molecule has 6 heteroatoms. The van der Waals surface area contributed by atoms with Gasteiger partial charge in [0.05, 0.1) is 10.7 Å². The quantitative estimate of drug-likeness (QED) is 0.793. The Balaban J connectivity index is 1.81. The number of rotatable bonds is 4. The summed E-state index contributed by atoms with van der Waals surface area (Å²) in [4.78, 5) is 8.82. The van der Waals surface area contributed by atoms with Crippen molar-refractivity contribution in [1.82, 2.24) is 19.7 Å². The number of pyridine rings is 2. The van der Waals surface area contributed by atoms with Crippen LogP contribution < -0.4 is 5.32 Å². The third kappa shape index (κ3) is 3.15. The van der Waals surface area contributed by atoms with Crippen LogP contribution in [0.2, 0.25) is 5.02 Å². The van der Waals surface area contributed by atoms with Crippen molar-refractivity contribution in [2.24, 2.45) is 7.05 Å². The van der Waals surface area contributed by atoms with Crippen molar-refractivity contribution in [2.45, 2.75) is 33.2 Å². The molecule has 0 amide bonds. The third-order valence-electron chi connectivity index (χ3n) is 4.10. The van der Waals surface area contributed by atoms with Crippen LogP contribution in [0.25, 0.3) is 11.0 Å². The standard InChI is InChI=1S/C17H20ClN5/c1-10(8-14-11(2)22-23(4)12(14)3)20-16-9-15(18)13-6-5-7-19-17(13)21-16/h5-7,9-10H,8H2,1-4H3,(H,19,20,21). The summed E-state index contributed by atoms with van der Waals surface area (Å²) in [5, 5.41) is 9.41. The van der Waals surface area contributed by atoms with Crippen LogP contribution in [-0.2, 0) is 13.5 Å². The zero-order valence-electron chi connectivity index (χ0n) is 13.8. The average molecular weight is 330 g/mol. The zero-order chi connectivity index (χ0) is 16.6. The highest BCUT2D eigenvalue weighted by atomic mass is 35.5. The number of hydrogen-bond donors (Lipinski definition) is 1. The smallest absolute Gasteiger partial charge is 0.162 e. The Hall–Kier alpha value is -2.14. The lowest BCUT2D eigenvalue weighted by molar-refractivity contribution is 0.726. The maximum atomic E-state index is 6.33. The average Bonchev–Trinajstić information content (AvgIpc) is 2.74. The highest BCUT2D eigenvalue weighted by Crippen LogP contribution is 2.24. The van der Waals surface area contributed by atoms with Gasteiger partial charge in [0.2, 0.25) is 0 Å². The molecule has 1 unspecified atom stereocenters. The number of nitrogens with zero attached hydrogens (tertiary/aromatic N) is 4. The first-order valence-corrected chi connectivity index (χ1v) is 8.00. The van der Waals surface area contributed by atoms with Gasteiger partial charge >= 0.3 is 0 Å². The van der Waals surface area contributed by atoms with E-state index in [0.29, 0.717) is 10.7 Å². The summed E-state index contributed by atoms with van der Waals surface area (Å²) in [5.41, 5.74) is 4.20. The number of aromatic nitrogens is 4. The molecule has 0 aliphatic carbocycles.